The van der Waals surface area contributed by atoms with Crippen LogP contribution in [0.2, 0.25) is 0 Å². The highest BCUT2D eigenvalue weighted by atomic mass is 19.4. The predicted octanol–water partition coefficient (Wildman–Crippen LogP) is 3.87. The topological polar surface area (TPSA) is 49.4 Å². The van der Waals surface area contributed by atoms with Crippen LogP contribution in [0.4, 0.5) is 13.2 Å². The fraction of sp³-hybridized carbons (Fsp3) is 0.300. The monoisotopic (exact) mass is 376 g/mol. The summed E-state index contributed by atoms with van der Waals surface area (Å²) in [5, 5.41) is 2.54. The van der Waals surface area contributed by atoms with Gasteiger partial charge in [0.05, 0.1) is 5.56 Å². The second-order valence-electron chi connectivity index (χ2n) is 6.52. The summed E-state index contributed by atoms with van der Waals surface area (Å²) in [7, 11) is 1.55. The maximum atomic E-state index is 12.8. The summed E-state index contributed by atoms with van der Waals surface area (Å²) in [4.78, 5) is 26.1. The van der Waals surface area contributed by atoms with Crippen LogP contribution in [0.25, 0.3) is 0 Å². The largest absolute Gasteiger partial charge is 0.416 e. The van der Waals surface area contributed by atoms with Crippen LogP contribution in [0.5, 0.6) is 0 Å². The lowest BCUT2D eigenvalue weighted by molar-refractivity contribution is -0.137. The minimum atomic E-state index is -4.43. The molecule has 0 unspecified atom stereocenters. The Bertz CT molecular complexity index is 826. The molecule has 0 heterocycles. The molecule has 2 aromatic carbocycles. The molecule has 0 aromatic heterocycles. The van der Waals surface area contributed by atoms with Crippen molar-refractivity contribution in [1.82, 2.24) is 10.2 Å². The molecule has 1 saturated carbocycles. The van der Waals surface area contributed by atoms with Crippen molar-refractivity contribution in [3.63, 3.8) is 0 Å². The first-order valence-corrected chi connectivity index (χ1v) is 8.59. The second-order valence-corrected chi connectivity index (χ2v) is 6.52. The van der Waals surface area contributed by atoms with Crippen molar-refractivity contribution in [3.8, 4) is 0 Å². The summed E-state index contributed by atoms with van der Waals surface area (Å²) in [6, 6.07) is 11.3. The quantitative estimate of drug-likeness (QED) is 0.861. The van der Waals surface area contributed by atoms with E-state index < -0.39 is 11.7 Å². The summed E-state index contributed by atoms with van der Waals surface area (Å²) in [6.45, 7) is 0.346. The van der Waals surface area contributed by atoms with Gasteiger partial charge in [0.25, 0.3) is 11.8 Å². The molecule has 0 atom stereocenters. The maximum absolute atomic E-state index is 12.8. The van der Waals surface area contributed by atoms with Crippen molar-refractivity contribution in [2.24, 2.45) is 0 Å². The number of nitrogens with zero attached hydrogens (tertiary/aromatic N) is 1. The Morgan fingerprint density at radius 3 is 2.04 bits per heavy atom. The summed E-state index contributed by atoms with van der Waals surface area (Å²) in [6.07, 6.45) is -2.67. The average molecular weight is 376 g/mol. The van der Waals surface area contributed by atoms with Crippen molar-refractivity contribution >= 4 is 11.8 Å². The van der Waals surface area contributed by atoms with E-state index in [0.717, 1.165) is 30.5 Å². The Hall–Kier alpha value is -2.83. The third kappa shape index (κ3) is 4.48. The van der Waals surface area contributed by atoms with E-state index in [9.17, 15) is 22.8 Å². The lowest BCUT2D eigenvalue weighted by atomic mass is 10.1. The van der Waals surface area contributed by atoms with E-state index in [1.807, 2.05) is 0 Å². The summed E-state index contributed by atoms with van der Waals surface area (Å²) < 4.78 is 38.1. The molecule has 7 heteroatoms. The van der Waals surface area contributed by atoms with Gasteiger partial charge >= 0.3 is 6.18 Å². The van der Waals surface area contributed by atoms with Gasteiger partial charge in [-0.25, -0.2) is 0 Å². The Labute approximate surface area is 155 Å². The van der Waals surface area contributed by atoms with Crippen molar-refractivity contribution < 1.29 is 22.8 Å². The molecule has 142 valence electrons. The first-order chi connectivity index (χ1) is 12.8. The smallest absolute Gasteiger partial charge is 0.355 e. The molecule has 1 N–H and O–H groups in total. The van der Waals surface area contributed by atoms with E-state index in [-0.39, 0.29) is 23.4 Å². The molecule has 1 aliphatic carbocycles. The minimum Gasteiger partial charge on any atom is -0.355 e. The fourth-order valence-electron chi connectivity index (χ4n) is 2.82. The van der Waals surface area contributed by atoms with E-state index in [1.165, 1.54) is 12.1 Å². The first kappa shape index (κ1) is 18.9. The molecule has 3 rings (SSSR count). The highest BCUT2D eigenvalue weighted by Gasteiger charge is 2.34. The summed E-state index contributed by atoms with van der Waals surface area (Å²) in [5.74, 6) is -0.483. The van der Waals surface area contributed by atoms with E-state index in [2.05, 4.69) is 5.32 Å². The molecule has 0 radical (unpaired) electrons. The van der Waals surface area contributed by atoms with E-state index in [0.29, 0.717) is 12.1 Å². The van der Waals surface area contributed by atoms with Gasteiger partial charge < -0.3 is 10.2 Å². The molecular weight excluding hydrogens is 357 g/mol. The summed E-state index contributed by atoms with van der Waals surface area (Å²) >= 11 is 0. The Morgan fingerprint density at radius 1 is 1.00 bits per heavy atom. The second kappa shape index (κ2) is 7.42. The van der Waals surface area contributed by atoms with Crippen LogP contribution in [0.1, 0.15) is 44.7 Å². The van der Waals surface area contributed by atoms with Gasteiger partial charge in [-0.3, -0.25) is 9.59 Å². The molecule has 4 nitrogen and oxygen atoms in total. The molecule has 0 saturated heterocycles. The van der Waals surface area contributed by atoms with Gasteiger partial charge in [-0.2, -0.15) is 13.2 Å². The lowest BCUT2D eigenvalue weighted by Gasteiger charge is -2.23. The van der Waals surface area contributed by atoms with Crippen molar-refractivity contribution in [2.75, 3.05) is 7.05 Å². The van der Waals surface area contributed by atoms with Crippen LogP contribution in [0.15, 0.2) is 48.5 Å². The van der Waals surface area contributed by atoms with Gasteiger partial charge in [0.1, 0.15) is 0 Å². The van der Waals surface area contributed by atoms with E-state index >= 15 is 0 Å². The number of carbonyl (C=O) groups is 2. The third-order valence-corrected chi connectivity index (χ3v) is 4.50. The average Bonchev–Trinajstić information content (AvgIpc) is 3.50. The van der Waals surface area contributed by atoms with Crippen LogP contribution in [-0.2, 0) is 12.7 Å². The SMILES string of the molecule is CNC(=O)c1ccc(CN(C(=O)c2ccc(C(F)(F)F)cc2)C2CC2)cc1. The minimum absolute atomic E-state index is 0.0957. The van der Waals surface area contributed by atoms with Crippen LogP contribution in [-0.4, -0.2) is 29.8 Å². The number of nitrogens with one attached hydrogen (secondary N) is 1. The lowest BCUT2D eigenvalue weighted by Crippen LogP contribution is -2.32. The van der Waals surface area contributed by atoms with Crippen LogP contribution in [0.3, 0.4) is 0 Å². The number of carbonyl (C=O) groups excluding carboxylic acids is 2. The molecule has 2 aromatic rings. The van der Waals surface area contributed by atoms with Gasteiger partial charge in [0.15, 0.2) is 0 Å². The highest BCUT2D eigenvalue weighted by Crippen LogP contribution is 2.32. The molecular formula is C20H19F3N2O2. The van der Waals surface area contributed by atoms with Gasteiger partial charge in [0, 0.05) is 30.8 Å². The number of rotatable bonds is 5. The maximum Gasteiger partial charge on any atom is 0.416 e. The highest BCUT2D eigenvalue weighted by molar-refractivity contribution is 5.95. The number of amides is 2. The Kier molecular flexibility index (Phi) is 5.21. The zero-order valence-electron chi connectivity index (χ0n) is 14.7. The van der Waals surface area contributed by atoms with Gasteiger partial charge in [-0.05, 0) is 54.8 Å². The molecule has 0 bridgehead atoms. The van der Waals surface area contributed by atoms with Crippen LogP contribution < -0.4 is 5.32 Å². The van der Waals surface area contributed by atoms with Crippen molar-refractivity contribution in [1.29, 1.82) is 0 Å². The summed E-state index contributed by atoms with van der Waals surface area (Å²) in [5.41, 5.74) is 0.835. The van der Waals surface area contributed by atoms with Gasteiger partial charge in [-0.1, -0.05) is 12.1 Å². The zero-order chi connectivity index (χ0) is 19.6. The molecule has 0 spiro atoms. The Morgan fingerprint density at radius 2 is 1.56 bits per heavy atom. The van der Waals surface area contributed by atoms with Gasteiger partial charge in [0.2, 0.25) is 0 Å². The molecule has 27 heavy (non-hydrogen) atoms. The number of hydrogen-bond donors (Lipinski definition) is 1. The standard InChI is InChI=1S/C20H19F3N2O2/c1-24-18(26)14-4-2-13(3-5-14)12-25(17-10-11-17)19(27)15-6-8-16(9-7-15)20(21,22)23/h2-9,17H,10-12H2,1H3,(H,24,26). The van der Waals surface area contributed by atoms with E-state index in [4.69, 9.17) is 0 Å². The van der Waals surface area contributed by atoms with Crippen molar-refractivity contribution in [3.05, 3.63) is 70.8 Å². The van der Waals surface area contributed by atoms with E-state index in [1.54, 1.807) is 36.2 Å². The van der Waals surface area contributed by atoms with Crippen LogP contribution in [0, 0.1) is 0 Å². The first-order valence-electron chi connectivity index (χ1n) is 8.59. The fourth-order valence-corrected chi connectivity index (χ4v) is 2.82. The number of halogens is 3. The zero-order valence-corrected chi connectivity index (χ0v) is 14.7. The number of alkyl halides is 3. The predicted molar refractivity (Wildman–Crippen MR) is 94.2 cm³/mol. The number of benzene rings is 2. The van der Waals surface area contributed by atoms with Crippen LogP contribution >= 0.6 is 0 Å². The molecule has 0 aliphatic heterocycles. The normalized spacial score (nSPS) is 13.9. The molecule has 2 amide bonds. The van der Waals surface area contributed by atoms with Crippen molar-refractivity contribution in [2.45, 2.75) is 31.6 Å². The third-order valence-electron chi connectivity index (χ3n) is 4.50. The molecule has 1 fully saturated rings. The van der Waals surface area contributed by atoms with Gasteiger partial charge in [-0.15, -0.1) is 0 Å². The molecule has 1 aliphatic rings. The number of hydrogen-bond acceptors (Lipinski definition) is 2. The Balaban J connectivity index is 1.75.